The number of methoxy groups -OCH3 is 2. The van der Waals surface area contributed by atoms with Gasteiger partial charge in [-0.25, -0.2) is 13.4 Å². The van der Waals surface area contributed by atoms with Crippen LogP contribution in [0.15, 0.2) is 48.6 Å². The van der Waals surface area contributed by atoms with E-state index in [-0.39, 0.29) is 25.3 Å². The summed E-state index contributed by atoms with van der Waals surface area (Å²) in [5.41, 5.74) is 0.113. The van der Waals surface area contributed by atoms with Crippen LogP contribution in [0.5, 0.6) is 17.4 Å². The van der Waals surface area contributed by atoms with Crippen LogP contribution in [0.4, 0.5) is 5.82 Å². The van der Waals surface area contributed by atoms with Crippen LogP contribution in [-0.2, 0) is 30.8 Å². The van der Waals surface area contributed by atoms with Crippen molar-refractivity contribution in [2.75, 3.05) is 26.1 Å². The number of rotatable bonds is 7. The first kappa shape index (κ1) is 38.0. The molecule has 298 valence electrons. The summed E-state index contributed by atoms with van der Waals surface area (Å²) in [6.45, 7) is 3.64. The third-order valence-corrected chi connectivity index (χ3v) is 14.6. The molecule has 1 spiro atoms. The highest BCUT2D eigenvalue weighted by atomic mass is 32.2. The fourth-order valence-corrected chi connectivity index (χ4v) is 9.90. The molecule has 3 aliphatic heterocycles. The number of pyridine rings is 2. The fourth-order valence-electron chi connectivity index (χ4n) is 8.58. The molecule has 1 saturated heterocycles. The third kappa shape index (κ3) is 6.92. The van der Waals surface area contributed by atoms with E-state index in [0.29, 0.717) is 61.0 Å². The zero-order chi connectivity index (χ0) is 39.5. The van der Waals surface area contributed by atoms with Crippen molar-refractivity contribution in [2.24, 2.45) is 5.92 Å². The molecule has 1 aromatic carbocycles. The fraction of sp³-hybridized carbons (Fsp3) is 0.537. The lowest BCUT2D eigenvalue weighted by Crippen LogP contribution is -2.58. The molecule has 5 atom stereocenters. The van der Waals surface area contributed by atoms with Crippen molar-refractivity contribution >= 4 is 44.5 Å². The molecule has 2 aromatic heterocycles. The second-order valence-corrected chi connectivity index (χ2v) is 18.5. The van der Waals surface area contributed by atoms with Crippen LogP contribution in [0.25, 0.3) is 10.9 Å². The summed E-state index contributed by atoms with van der Waals surface area (Å²) < 4.78 is 45.6. The van der Waals surface area contributed by atoms with E-state index in [2.05, 4.69) is 20.3 Å². The Bertz CT molecular complexity index is 2230. The number of anilines is 1. The van der Waals surface area contributed by atoms with E-state index >= 15 is 0 Å². The predicted octanol–water partition coefficient (Wildman–Crippen LogP) is 4.49. The van der Waals surface area contributed by atoms with Crippen molar-refractivity contribution < 1.29 is 37.0 Å². The van der Waals surface area contributed by atoms with E-state index in [1.54, 1.807) is 37.1 Å². The molecule has 8 rings (SSSR count). The Balaban J connectivity index is 1.15. The number of aromatic nitrogens is 2. The minimum Gasteiger partial charge on any atom is -0.497 e. The number of nitrogens with one attached hydrogen (secondary N) is 3. The van der Waals surface area contributed by atoms with E-state index in [4.69, 9.17) is 19.2 Å². The third-order valence-electron chi connectivity index (χ3n) is 12.4. The van der Waals surface area contributed by atoms with Crippen LogP contribution in [0.2, 0.25) is 0 Å². The van der Waals surface area contributed by atoms with Crippen molar-refractivity contribution in [1.29, 1.82) is 0 Å². The van der Waals surface area contributed by atoms with Crippen molar-refractivity contribution in [3.63, 3.8) is 0 Å². The summed E-state index contributed by atoms with van der Waals surface area (Å²) in [4.78, 5) is 54.6. The van der Waals surface area contributed by atoms with E-state index < -0.39 is 55.7 Å². The summed E-state index contributed by atoms with van der Waals surface area (Å²) in [6, 6.07) is 9.30. The lowest BCUT2D eigenvalue weighted by molar-refractivity contribution is -0.140. The zero-order valence-corrected chi connectivity index (χ0v) is 33.2. The average molecular weight is 787 g/mol. The summed E-state index contributed by atoms with van der Waals surface area (Å²) >= 11 is 0. The van der Waals surface area contributed by atoms with Crippen LogP contribution in [0, 0.1) is 12.8 Å². The molecule has 3 fully saturated rings. The van der Waals surface area contributed by atoms with Crippen LogP contribution in [0.3, 0.4) is 0 Å². The second kappa shape index (κ2) is 14.2. The SMILES string of the molecule is COc1ccc2nc(C)c3c(c2c1)CC[C@]1(C[C@H]2C(=O)N[C@]4(C(=O)NS(=O)(=O)C5(C)CC5)C[C@H]4/C=C\CCCCC[C@H](Nc4cccc(OC)n4)C(=O)N2C1)O3. The Morgan fingerprint density at radius 2 is 1.86 bits per heavy atom. The van der Waals surface area contributed by atoms with Gasteiger partial charge in [0.05, 0.1) is 36.7 Å². The van der Waals surface area contributed by atoms with Crippen molar-refractivity contribution in [1.82, 2.24) is 24.9 Å². The van der Waals surface area contributed by atoms with Gasteiger partial charge in [-0.15, -0.1) is 0 Å². The van der Waals surface area contributed by atoms with Gasteiger partial charge in [0, 0.05) is 29.4 Å². The van der Waals surface area contributed by atoms with E-state index in [1.807, 2.05) is 37.3 Å². The predicted molar refractivity (Wildman–Crippen MR) is 209 cm³/mol. The van der Waals surface area contributed by atoms with Gasteiger partial charge in [0.15, 0.2) is 0 Å². The molecule has 0 radical (unpaired) electrons. The summed E-state index contributed by atoms with van der Waals surface area (Å²) in [5.74, 6) is 0.223. The highest BCUT2D eigenvalue weighted by Gasteiger charge is 2.64. The maximum absolute atomic E-state index is 14.9. The number of nitrogens with zero attached hydrogens (tertiary/aromatic N) is 3. The Morgan fingerprint density at radius 3 is 2.62 bits per heavy atom. The highest BCUT2D eigenvalue weighted by Crippen LogP contribution is 2.49. The number of hydrogen-bond donors (Lipinski definition) is 3. The van der Waals surface area contributed by atoms with Gasteiger partial charge < -0.3 is 29.7 Å². The largest absolute Gasteiger partial charge is 0.497 e. The van der Waals surface area contributed by atoms with Gasteiger partial charge in [0.25, 0.3) is 5.91 Å². The molecule has 5 heterocycles. The van der Waals surface area contributed by atoms with Crippen LogP contribution >= 0.6 is 0 Å². The average Bonchev–Trinajstić information content (AvgIpc) is 4.08. The quantitative estimate of drug-likeness (QED) is 0.288. The molecule has 14 nitrogen and oxygen atoms in total. The Kier molecular flexibility index (Phi) is 9.65. The molecule has 5 aliphatic rings. The molecule has 15 heteroatoms. The molecule has 2 aliphatic carbocycles. The molecule has 3 amide bonds. The monoisotopic (exact) mass is 786 g/mol. The number of carbonyl (C=O) groups excluding carboxylic acids is 3. The topological polar surface area (TPSA) is 178 Å². The van der Waals surface area contributed by atoms with Crippen LogP contribution < -0.4 is 29.6 Å². The summed E-state index contributed by atoms with van der Waals surface area (Å²) in [6.07, 6.45) is 10.1. The van der Waals surface area contributed by atoms with Gasteiger partial charge in [0.2, 0.25) is 27.7 Å². The van der Waals surface area contributed by atoms with Crippen molar-refractivity contribution in [3.05, 3.63) is 59.8 Å². The Hall–Kier alpha value is -4.92. The van der Waals surface area contributed by atoms with Gasteiger partial charge in [-0.1, -0.05) is 31.1 Å². The molecule has 3 N–H and O–H groups in total. The van der Waals surface area contributed by atoms with Gasteiger partial charge in [-0.3, -0.25) is 19.1 Å². The number of fused-ring (bicyclic) bond motifs is 5. The first-order chi connectivity index (χ1) is 26.8. The molecule has 2 saturated carbocycles. The summed E-state index contributed by atoms with van der Waals surface area (Å²) in [7, 11) is -0.822. The minimum atomic E-state index is -3.97. The van der Waals surface area contributed by atoms with Crippen LogP contribution in [-0.4, -0.2) is 89.7 Å². The lowest BCUT2D eigenvalue weighted by Gasteiger charge is -2.36. The van der Waals surface area contributed by atoms with E-state index in [1.165, 1.54) is 7.11 Å². The zero-order valence-electron chi connectivity index (χ0n) is 32.4. The Morgan fingerprint density at radius 1 is 1.04 bits per heavy atom. The minimum absolute atomic E-state index is 0.123. The number of benzene rings is 1. The molecule has 56 heavy (non-hydrogen) atoms. The summed E-state index contributed by atoms with van der Waals surface area (Å²) in [5, 5.41) is 7.26. The van der Waals surface area contributed by atoms with Crippen LogP contribution in [0.1, 0.15) is 82.4 Å². The first-order valence-electron chi connectivity index (χ1n) is 19.6. The molecular weight excluding hydrogens is 737 g/mol. The van der Waals surface area contributed by atoms with Crippen molar-refractivity contribution in [3.8, 4) is 17.4 Å². The normalized spacial score (nSPS) is 29.0. The number of hydrogen-bond acceptors (Lipinski definition) is 11. The molecular formula is C41H50N6O8S. The first-order valence-corrected chi connectivity index (χ1v) is 21.1. The van der Waals surface area contributed by atoms with Gasteiger partial charge in [0.1, 0.15) is 40.5 Å². The van der Waals surface area contributed by atoms with Gasteiger partial charge in [-0.05, 0) is 89.5 Å². The smallest absolute Gasteiger partial charge is 0.259 e. The van der Waals surface area contributed by atoms with Gasteiger partial charge >= 0.3 is 0 Å². The number of amides is 3. The van der Waals surface area contributed by atoms with E-state index in [9.17, 15) is 22.8 Å². The molecule has 3 aromatic rings. The molecule has 0 bridgehead atoms. The van der Waals surface area contributed by atoms with Gasteiger partial charge in [-0.2, -0.15) is 4.98 Å². The highest BCUT2D eigenvalue weighted by molar-refractivity contribution is 7.91. The number of ether oxygens (including phenoxy) is 3. The molecule has 0 unspecified atom stereocenters. The standard InChI is InChI=1S/C41H50N6O8S/c1-25-35-28(29-21-27(53-3)15-16-30(29)42-25)17-18-40(55-35)23-32-36(48)45-41(38(50)46-56(51,52)39(2)19-20-39)22-26(41)11-8-6-5-7-9-12-31(37(49)47(32)24-40)43-33-13-10-14-34(44-33)54-4/h8,10-11,13-16,21,26,31-32H,5-7,9,12,17-20,22-24H2,1-4H3,(H,43,44)(H,45,48)(H,46,50)/b11-8-/t26-,31+,32+,40-,41-/m1/s1. The number of aryl methyl sites for hydroxylation is 2. The number of sulfonamides is 1. The Labute approximate surface area is 327 Å². The maximum atomic E-state index is 14.9. The lowest BCUT2D eigenvalue weighted by atomic mass is 9.87. The second-order valence-electron chi connectivity index (χ2n) is 16.3. The van der Waals surface area contributed by atoms with E-state index in [0.717, 1.165) is 42.1 Å². The number of allylic oxidation sites excluding steroid dienone is 1. The maximum Gasteiger partial charge on any atom is 0.259 e. The number of carbonyl (C=O) groups is 3. The van der Waals surface area contributed by atoms with Crippen molar-refractivity contribution in [2.45, 2.75) is 112 Å².